The highest BCUT2D eigenvalue weighted by molar-refractivity contribution is 7.23. The maximum Gasteiger partial charge on any atom is 0.256 e. The summed E-state index contributed by atoms with van der Waals surface area (Å²) in [5, 5.41) is 4.73. The second-order valence-corrected chi connectivity index (χ2v) is 11.1. The highest BCUT2D eigenvalue weighted by Gasteiger charge is 2.29. The number of thiophene rings is 1. The van der Waals surface area contributed by atoms with Gasteiger partial charge < -0.3 is 24.4 Å². The summed E-state index contributed by atoms with van der Waals surface area (Å²) in [7, 11) is 0. The Labute approximate surface area is 235 Å². The van der Waals surface area contributed by atoms with Gasteiger partial charge in [-0.1, -0.05) is 12.1 Å². The van der Waals surface area contributed by atoms with E-state index in [9.17, 15) is 9.59 Å². The van der Waals surface area contributed by atoms with Crippen LogP contribution in [0, 0.1) is 0 Å². The van der Waals surface area contributed by atoms with Crippen molar-refractivity contribution in [1.82, 2.24) is 9.88 Å². The monoisotopic (exact) mass is 565 g/mol. The molecule has 10 heteroatoms. The van der Waals surface area contributed by atoms with Gasteiger partial charge in [0.25, 0.3) is 5.91 Å². The molecule has 1 aliphatic rings. The van der Waals surface area contributed by atoms with Crippen LogP contribution in [0.1, 0.15) is 48.5 Å². The van der Waals surface area contributed by atoms with Gasteiger partial charge in [-0.15, -0.1) is 22.7 Å². The Morgan fingerprint density at radius 2 is 1.69 bits per heavy atom. The van der Waals surface area contributed by atoms with Gasteiger partial charge in [-0.25, -0.2) is 4.98 Å². The highest BCUT2D eigenvalue weighted by Crippen LogP contribution is 2.46. The van der Waals surface area contributed by atoms with Crippen LogP contribution in [0.3, 0.4) is 0 Å². The van der Waals surface area contributed by atoms with Gasteiger partial charge in [0.05, 0.1) is 36.6 Å². The molecule has 2 aromatic carbocycles. The standard InChI is InChI=1S/C29H31N3O5S2/c1-5-35-21-14-18(15-22(36-6-2)26(21)37-7-3)27(34)31-29-25(28-30-20-10-8-9-11-23(20)38-28)19-12-13-32(17(4)33)16-24(19)39-29/h8-11,14-15H,5-7,12-13,16H2,1-4H3,(H,31,34). The minimum Gasteiger partial charge on any atom is -0.490 e. The van der Waals surface area contributed by atoms with Gasteiger partial charge in [-0.3, -0.25) is 9.59 Å². The Hall–Kier alpha value is -3.63. The van der Waals surface area contributed by atoms with Crippen molar-refractivity contribution in [3.8, 4) is 27.8 Å². The number of rotatable bonds is 9. The molecule has 2 aromatic heterocycles. The van der Waals surface area contributed by atoms with E-state index in [-0.39, 0.29) is 11.8 Å². The summed E-state index contributed by atoms with van der Waals surface area (Å²) in [6.45, 7) is 9.69. The van der Waals surface area contributed by atoms with E-state index >= 15 is 0 Å². The maximum absolute atomic E-state index is 13.7. The minimum absolute atomic E-state index is 0.0440. The van der Waals surface area contributed by atoms with Gasteiger partial charge in [0, 0.05) is 29.5 Å². The lowest BCUT2D eigenvalue weighted by molar-refractivity contribution is -0.129. The first-order chi connectivity index (χ1) is 18.9. The first-order valence-electron chi connectivity index (χ1n) is 13.1. The molecule has 3 heterocycles. The summed E-state index contributed by atoms with van der Waals surface area (Å²) in [5.74, 6) is 1.17. The third-order valence-corrected chi connectivity index (χ3v) is 8.59. The maximum atomic E-state index is 13.7. The van der Waals surface area contributed by atoms with Crippen molar-refractivity contribution < 1.29 is 23.8 Å². The molecule has 0 atom stereocenters. The number of amides is 2. The third-order valence-electron chi connectivity index (χ3n) is 6.41. The molecule has 0 fully saturated rings. The normalized spacial score (nSPS) is 12.8. The molecule has 4 aromatic rings. The van der Waals surface area contributed by atoms with Crippen molar-refractivity contribution in [2.75, 3.05) is 31.7 Å². The Balaban J connectivity index is 1.56. The predicted octanol–water partition coefficient (Wildman–Crippen LogP) is 6.38. The molecule has 0 saturated carbocycles. The number of carbonyl (C=O) groups excluding carboxylic acids is 2. The molecule has 204 valence electrons. The van der Waals surface area contributed by atoms with Crippen LogP contribution < -0.4 is 19.5 Å². The molecule has 0 radical (unpaired) electrons. The van der Waals surface area contributed by atoms with Crippen molar-refractivity contribution in [1.29, 1.82) is 0 Å². The smallest absolute Gasteiger partial charge is 0.256 e. The van der Waals surface area contributed by atoms with Crippen LogP contribution in [0.15, 0.2) is 36.4 Å². The third kappa shape index (κ3) is 5.44. The number of aromatic nitrogens is 1. The Morgan fingerprint density at radius 3 is 2.33 bits per heavy atom. The number of benzene rings is 2. The van der Waals surface area contributed by atoms with Gasteiger partial charge >= 0.3 is 0 Å². The molecule has 0 spiro atoms. The molecule has 8 nitrogen and oxygen atoms in total. The average Bonchev–Trinajstić information content (AvgIpc) is 3.50. The number of nitrogens with one attached hydrogen (secondary N) is 1. The molecule has 5 rings (SSSR count). The van der Waals surface area contributed by atoms with Crippen LogP contribution in [-0.4, -0.2) is 48.1 Å². The zero-order chi connectivity index (χ0) is 27.5. The fourth-order valence-electron chi connectivity index (χ4n) is 4.66. The second-order valence-electron chi connectivity index (χ2n) is 8.94. The summed E-state index contributed by atoms with van der Waals surface area (Å²) in [6.07, 6.45) is 0.707. The van der Waals surface area contributed by atoms with Crippen LogP contribution in [0.5, 0.6) is 17.2 Å². The van der Waals surface area contributed by atoms with Crippen molar-refractivity contribution in [3.05, 3.63) is 52.4 Å². The van der Waals surface area contributed by atoms with E-state index in [0.29, 0.717) is 62.1 Å². The number of thiazole rings is 1. The SMILES string of the molecule is CCOc1cc(C(=O)Nc2sc3c(c2-c2nc4ccccc4s2)CCN(C(C)=O)C3)cc(OCC)c1OCC. The summed E-state index contributed by atoms with van der Waals surface area (Å²) < 4.78 is 18.5. The molecule has 1 N–H and O–H groups in total. The lowest BCUT2D eigenvalue weighted by atomic mass is 10.0. The number of fused-ring (bicyclic) bond motifs is 2. The molecular weight excluding hydrogens is 534 g/mol. The number of anilines is 1. The summed E-state index contributed by atoms with van der Waals surface area (Å²) in [5.41, 5.74) is 3.40. The van der Waals surface area contributed by atoms with Gasteiger partial charge in [-0.05, 0) is 57.0 Å². The number of nitrogens with zero attached hydrogens (tertiary/aromatic N) is 2. The van der Waals surface area contributed by atoms with E-state index in [4.69, 9.17) is 19.2 Å². The predicted molar refractivity (Wildman–Crippen MR) is 156 cm³/mol. The van der Waals surface area contributed by atoms with Gasteiger partial charge in [-0.2, -0.15) is 0 Å². The minimum atomic E-state index is -0.288. The molecular formula is C29H31N3O5S2. The fourth-order valence-corrected chi connectivity index (χ4v) is 7.03. The van der Waals surface area contributed by atoms with Crippen LogP contribution >= 0.6 is 22.7 Å². The lowest BCUT2D eigenvalue weighted by Crippen LogP contribution is -2.33. The number of para-hydroxylation sites is 1. The van der Waals surface area contributed by atoms with E-state index in [1.165, 1.54) is 11.3 Å². The van der Waals surface area contributed by atoms with Crippen LogP contribution in [0.25, 0.3) is 20.8 Å². The van der Waals surface area contributed by atoms with E-state index in [1.54, 1.807) is 30.4 Å². The average molecular weight is 566 g/mol. The van der Waals surface area contributed by atoms with Gasteiger partial charge in [0.2, 0.25) is 11.7 Å². The van der Waals surface area contributed by atoms with E-state index < -0.39 is 0 Å². The van der Waals surface area contributed by atoms with E-state index in [0.717, 1.165) is 36.2 Å². The molecule has 39 heavy (non-hydrogen) atoms. The van der Waals surface area contributed by atoms with Crippen LogP contribution in [-0.2, 0) is 17.8 Å². The molecule has 0 saturated heterocycles. The number of ether oxygens (including phenoxy) is 3. The molecule has 0 unspecified atom stereocenters. The van der Waals surface area contributed by atoms with Gasteiger partial charge in [0.1, 0.15) is 10.0 Å². The van der Waals surface area contributed by atoms with Crippen molar-refractivity contribution in [2.45, 2.75) is 40.7 Å². The second kappa shape index (κ2) is 11.6. The Morgan fingerprint density at radius 1 is 1.00 bits per heavy atom. The number of hydrogen-bond acceptors (Lipinski definition) is 8. The Bertz CT molecular complexity index is 1470. The topological polar surface area (TPSA) is 90.0 Å². The van der Waals surface area contributed by atoms with Crippen LogP contribution in [0.4, 0.5) is 5.00 Å². The highest BCUT2D eigenvalue weighted by atomic mass is 32.1. The number of hydrogen-bond donors (Lipinski definition) is 1. The molecule has 1 aliphatic heterocycles. The van der Waals surface area contributed by atoms with Crippen molar-refractivity contribution in [2.24, 2.45) is 0 Å². The summed E-state index contributed by atoms with van der Waals surface area (Å²) >= 11 is 3.11. The summed E-state index contributed by atoms with van der Waals surface area (Å²) in [4.78, 5) is 33.6. The van der Waals surface area contributed by atoms with E-state index in [2.05, 4.69) is 11.4 Å². The first kappa shape index (κ1) is 27.0. The quantitative estimate of drug-likeness (QED) is 0.253. The van der Waals surface area contributed by atoms with E-state index in [1.807, 2.05) is 43.9 Å². The van der Waals surface area contributed by atoms with Gasteiger partial charge in [0.15, 0.2) is 11.5 Å². The molecule has 2 amide bonds. The zero-order valence-electron chi connectivity index (χ0n) is 22.5. The zero-order valence-corrected chi connectivity index (χ0v) is 24.1. The van der Waals surface area contributed by atoms with Crippen LogP contribution in [0.2, 0.25) is 0 Å². The fraction of sp³-hybridized carbons (Fsp3) is 0.345. The molecule has 0 aliphatic carbocycles. The summed E-state index contributed by atoms with van der Waals surface area (Å²) in [6, 6.07) is 11.4. The number of carbonyl (C=O) groups is 2. The van der Waals surface area contributed by atoms with Crippen molar-refractivity contribution >= 4 is 49.7 Å². The Kier molecular flexibility index (Phi) is 8.04. The molecule has 0 bridgehead atoms. The lowest BCUT2D eigenvalue weighted by Gasteiger charge is -2.26. The largest absolute Gasteiger partial charge is 0.490 e. The van der Waals surface area contributed by atoms with Crippen molar-refractivity contribution in [3.63, 3.8) is 0 Å². The first-order valence-corrected chi connectivity index (χ1v) is 14.7.